The Morgan fingerprint density at radius 1 is 1.25 bits per heavy atom. The zero-order chi connectivity index (χ0) is 17.0. The number of rotatable bonds is 4. The van der Waals surface area contributed by atoms with E-state index >= 15 is 0 Å². The molecule has 7 heteroatoms. The highest BCUT2D eigenvalue weighted by Gasteiger charge is 2.29. The predicted octanol–water partition coefficient (Wildman–Crippen LogP) is 1.66. The summed E-state index contributed by atoms with van der Waals surface area (Å²) < 4.78 is 32.9. The number of hydrogen-bond donors (Lipinski definition) is 0. The maximum atomic E-state index is 12.9. The molecule has 1 aliphatic heterocycles. The van der Waals surface area contributed by atoms with E-state index in [9.17, 15) is 8.42 Å². The SMILES string of the molecule is Cc1ccc(S(=O)(=O)N2CCOC[C@H](Cc3ccncn3)C2)cc1. The Hall–Kier alpha value is -1.83. The van der Waals surface area contributed by atoms with Crippen LogP contribution < -0.4 is 0 Å². The minimum Gasteiger partial charge on any atom is -0.380 e. The molecule has 128 valence electrons. The molecule has 1 aromatic carbocycles. The van der Waals surface area contributed by atoms with Crippen LogP contribution in [-0.4, -0.2) is 49.0 Å². The normalized spacial score (nSPS) is 19.8. The smallest absolute Gasteiger partial charge is 0.243 e. The number of benzene rings is 1. The molecule has 2 aromatic rings. The number of aryl methyl sites for hydroxylation is 1. The minimum absolute atomic E-state index is 0.0719. The fourth-order valence-electron chi connectivity index (χ4n) is 2.78. The second-order valence-electron chi connectivity index (χ2n) is 6.02. The van der Waals surface area contributed by atoms with E-state index in [-0.39, 0.29) is 5.92 Å². The molecule has 1 atom stereocenters. The van der Waals surface area contributed by atoms with Gasteiger partial charge in [0.2, 0.25) is 10.0 Å². The number of hydrogen-bond acceptors (Lipinski definition) is 5. The van der Waals surface area contributed by atoms with Crippen LogP contribution in [0.25, 0.3) is 0 Å². The lowest BCUT2D eigenvalue weighted by molar-refractivity contribution is 0.122. The first-order valence-electron chi connectivity index (χ1n) is 7.95. The molecule has 0 amide bonds. The van der Waals surface area contributed by atoms with Gasteiger partial charge in [0.05, 0.1) is 18.1 Å². The summed E-state index contributed by atoms with van der Waals surface area (Å²) in [5, 5.41) is 0. The fraction of sp³-hybridized carbons (Fsp3) is 0.412. The molecular weight excluding hydrogens is 326 g/mol. The molecule has 0 aliphatic carbocycles. The van der Waals surface area contributed by atoms with Gasteiger partial charge in [-0.3, -0.25) is 0 Å². The van der Waals surface area contributed by atoms with Crippen LogP contribution in [0.5, 0.6) is 0 Å². The molecular formula is C17H21N3O3S. The molecule has 0 saturated carbocycles. The van der Waals surface area contributed by atoms with Crippen LogP contribution in [-0.2, 0) is 21.2 Å². The Balaban J connectivity index is 1.78. The summed E-state index contributed by atoms with van der Waals surface area (Å²) in [5.74, 6) is 0.0719. The summed E-state index contributed by atoms with van der Waals surface area (Å²) in [4.78, 5) is 8.46. The Kier molecular flexibility index (Phi) is 5.23. The third-order valence-electron chi connectivity index (χ3n) is 4.10. The molecule has 0 spiro atoms. The summed E-state index contributed by atoms with van der Waals surface area (Å²) >= 11 is 0. The summed E-state index contributed by atoms with van der Waals surface area (Å²) in [6.45, 7) is 3.68. The zero-order valence-corrected chi connectivity index (χ0v) is 14.4. The first kappa shape index (κ1) is 17.0. The van der Waals surface area contributed by atoms with E-state index in [1.165, 1.54) is 10.6 Å². The summed E-state index contributed by atoms with van der Waals surface area (Å²) in [6, 6.07) is 8.81. The lowest BCUT2D eigenvalue weighted by Crippen LogP contribution is -2.36. The molecule has 24 heavy (non-hydrogen) atoms. The molecule has 1 saturated heterocycles. The van der Waals surface area contributed by atoms with Gasteiger partial charge in [0.1, 0.15) is 6.33 Å². The van der Waals surface area contributed by atoms with E-state index in [2.05, 4.69) is 9.97 Å². The quantitative estimate of drug-likeness (QED) is 0.841. The third kappa shape index (κ3) is 3.98. The molecule has 0 bridgehead atoms. The van der Waals surface area contributed by atoms with Crippen molar-refractivity contribution < 1.29 is 13.2 Å². The lowest BCUT2D eigenvalue weighted by Gasteiger charge is -2.23. The molecule has 1 fully saturated rings. The number of ether oxygens (including phenoxy) is 1. The zero-order valence-electron chi connectivity index (χ0n) is 13.6. The summed E-state index contributed by atoms with van der Waals surface area (Å²) in [6.07, 6.45) is 3.87. The van der Waals surface area contributed by atoms with Crippen molar-refractivity contribution in [1.29, 1.82) is 0 Å². The van der Waals surface area contributed by atoms with Gasteiger partial charge >= 0.3 is 0 Å². The Bertz CT molecular complexity index is 763. The average molecular weight is 347 g/mol. The first-order chi connectivity index (χ1) is 11.6. The minimum atomic E-state index is -3.51. The molecule has 0 N–H and O–H groups in total. The number of nitrogens with zero attached hydrogens (tertiary/aromatic N) is 3. The molecule has 6 nitrogen and oxygen atoms in total. The predicted molar refractivity (Wildman–Crippen MR) is 90.0 cm³/mol. The molecule has 1 aliphatic rings. The summed E-state index contributed by atoms with van der Waals surface area (Å²) in [5.41, 5.74) is 1.93. The van der Waals surface area contributed by atoms with Gasteiger partial charge in [-0.05, 0) is 31.5 Å². The van der Waals surface area contributed by atoms with Crippen molar-refractivity contribution in [2.24, 2.45) is 5.92 Å². The second-order valence-corrected chi connectivity index (χ2v) is 7.96. The fourth-order valence-corrected chi connectivity index (χ4v) is 4.28. The largest absolute Gasteiger partial charge is 0.380 e. The van der Waals surface area contributed by atoms with Crippen molar-refractivity contribution in [2.75, 3.05) is 26.3 Å². The average Bonchev–Trinajstić information content (AvgIpc) is 2.82. The van der Waals surface area contributed by atoms with Crippen molar-refractivity contribution in [3.8, 4) is 0 Å². The van der Waals surface area contributed by atoms with E-state index in [0.29, 0.717) is 37.6 Å². The van der Waals surface area contributed by atoms with Crippen molar-refractivity contribution in [3.05, 3.63) is 54.1 Å². The highest BCUT2D eigenvalue weighted by molar-refractivity contribution is 7.89. The van der Waals surface area contributed by atoms with Crippen LogP contribution >= 0.6 is 0 Å². The molecule has 0 unspecified atom stereocenters. The van der Waals surface area contributed by atoms with Gasteiger partial charge in [-0.25, -0.2) is 18.4 Å². The number of aromatic nitrogens is 2. The molecule has 2 heterocycles. The van der Waals surface area contributed by atoms with Crippen LogP contribution in [0.1, 0.15) is 11.3 Å². The molecule has 3 rings (SSSR count). The van der Waals surface area contributed by atoms with E-state index in [1.54, 1.807) is 18.3 Å². The number of sulfonamides is 1. The van der Waals surface area contributed by atoms with Gasteiger partial charge in [-0.1, -0.05) is 17.7 Å². The van der Waals surface area contributed by atoms with E-state index < -0.39 is 10.0 Å². The van der Waals surface area contributed by atoms with Gasteiger partial charge in [-0.2, -0.15) is 4.31 Å². The highest BCUT2D eigenvalue weighted by atomic mass is 32.2. The van der Waals surface area contributed by atoms with Gasteiger partial charge in [0.25, 0.3) is 0 Å². The van der Waals surface area contributed by atoms with Gasteiger partial charge < -0.3 is 4.74 Å². The Labute approximate surface area is 142 Å². The Morgan fingerprint density at radius 2 is 2.04 bits per heavy atom. The van der Waals surface area contributed by atoms with Crippen LogP contribution in [0, 0.1) is 12.8 Å². The van der Waals surface area contributed by atoms with Crippen molar-refractivity contribution in [1.82, 2.24) is 14.3 Å². The van der Waals surface area contributed by atoms with Crippen molar-refractivity contribution in [3.63, 3.8) is 0 Å². The topological polar surface area (TPSA) is 72.4 Å². The van der Waals surface area contributed by atoms with Crippen LogP contribution in [0.4, 0.5) is 0 Å². The highest BCUT2D eigenvalue weighted by Crippen LogP contribution is 2.21. The maximum Gasteiger partial charge on any atom is 0.243 e. The van der Waals surface area contributed by atoms with E-state index in [4.69, 9.17) is 4.74 Å². The van der Waals surface area contributed by atoms with E-state index in [0.717, 1.165) is 11.3 Å². The van der Waals surface area contributed by atoms with Crippen LogP contribution in [0.2, 0.25) is 0 Å². The van der Waals surface area contributed by atoms with Crippen LogP contribution in [0.3, 0.4) is 0 Å². The summed E-state index contributed by atoms with van der Waals surface area (Å²) in [7, 11) is -3.51. The molecule has 1 aromatic heterocycles. The van der Waals surface area contributed by atoms with Gasteiger partial charge in [0, 0.05) is 30.9 Å². The standard InChI is InChI=1S/C17H21N3O3S/c1-14-2-4-17(5-3-14)24(21,22)20-8-9-23-12-15(11-20)10-16-6-7-18-13-19-16/h2-7,13,15H,8-12H2,1H3/t15-/m1/s1. The van der Waals surface area contributed by atoms with Crippen molar-refractivity contribution in [2.45, 2.75) is 18.2 Å². The second kappa shape index (κ2) is 7.38. The Morgan fingerprint density at radius 3 is 2.75 bits per heavy atom. The van der Waals surface area contributed by atoms with Gasteiger partial charge in [-0.15, -0.1) is 0 Å². The lowest BCUT2D eigenvalue weighted by atomic mass is 10.0. The third-order valence-corrected chi connectivity index (χ3v) is 5.98. The van der Waals surface area contributed by atoms with Crippen molar-refractivity contribution >= 4 is 10.0 Å². The monoisotopic (exact) mass is 347 g/mol. The first-order valence-corrected chi connectivity index (χ1v) is 9.39. The maximum absolute atomic E-state index is 12.9. The molecule has 0 radical (unpaired) electrons. The van der Waals surface area contributed by atoms with E-state index in [1.807, 2.05) is 25.1 Å². The van der Waals surface area contributed by atoms with Gasteiger partial charge in [0.15, 0.2) is 0 Å². The van der Waals surface area contributed by atoms with Crippen LogP contribution in [0.15, 0.2) is 47.8 Å².